The number of halogens is 1. The fraction of sp³-hybridized carbons (Fsp3) is 0.182. The fourth-order valence-corrected chi connectivity index (χ4v) is 2.18. The lowest BCUT2D eigenvalue weighted by molar-refractivity contribution is 0.478. The first-order valence-corrected chi connectivity index (χ1v) is 5.92. The van der Waals surface area contributed by atoms with E-state index in [1.807, 2.05) is 13.8 Å². The second kappa shape index (κ2) is 4.31. The molecule has 3 nitrogen and oxygen atoms in total. The van der Waals surface area contributed by atoms with Crippen LogP contribution in [-0.4, -0.2) is 4.98 Å². The highest BCUT2D eigenvalue weighted by molar-refractivity contribution is 7.13. The molecule has 1 aromatic heterocycles. The normalized spacial score (nSPS) is 10.4. The molecule has 5 heteroatoms. The molecule has 1 aromatic carbocycles. The van der Waals surface area contributed by atoms with E-state index in [4.69, 9.17) is 22.1 Å². The summed E-state index contributed by atoms with van der Waals surface area (Å²) >= 11 is 7.50. The van der Waals surface area contributed by atoms with Gasteiger partial charge in [0.05, 0.1) is 10.7 Å². The van der Waals surface area contributed by atoms with Gasteiger partial charge in [-0.25, -0.2) is 4.98 Å². The number of hydrogen-bond donors (Lipinski definition) is 1. The van der Waals surface area contributed by atoms with E-state index in [2.05, 4.69) is 4.98 Å². The molecule has 0 spiro atoms. The van der Waals surface area contributed by atoms with Gasteiger partial charge in [0.15, 0.2) is 0 Å². The van der Waals surface area contributed by atoms with Gasteiger partial charge in [-0.1, -0.05) is 22.9 Å². The SMILES string of the molecule is Cc1nc(Oc2ccc(N)cc2Cl)sc1C. The van der Waals surface area contributed by atoms with E-state index in [0.717, 1.165) is 10.6 Å². The molecule has 0 aliphatic carbocycles. The molecule has 0 amide bonds. The third kappa shape index (κ3) is 2.28. The molecule has 2 rings (SSSR count). The Labute approximate surface area is 103 Å². The van der Waals surface area contributed by atoms with Crippen molar-refractivity contribution in [3.63, 3.8) is 0 Å². The minimum Gasteiger partial charge on any atom is -0.429 e. The predicted molar refractivity (Wildman–Crippen MR) is 67.5 cm³/mol. The second-order valence-corrected chi connectivity index (χ2v) is 4.99. The Bertz CT molecular complexity index is 505. The molecule has 0 saturated carbocycles. The zero-order valence-electron chi connectivity index (χ0n) is 8.95. The molecule has 0 aliphatic rings. The van der Waals surface area contributed by atoms with Crippen LogP contribution in [0.15, 0.2) is 18.2 Å². The van der Waals surface area contributed by atoms with E-state index >= 15 is 0 Å². The van der Waals surface area contributed by atoms with Crippen LogP contribution in [-0.2, 0) is 0 Å². The van der Waals surface area contributed by atoms with Crippen molar-refractivity contribution in [2.75, 3.05) is 5.73 Å². The number of aryl methyl sites for hydroxylation is 2. The minimum absolute atomic E-state index is 0.491. The van der Waals surface area contributed by atoms with Crippen LogP contribution in [0.3, 0.4) is 0 Å². The maximum atomic E-state index is 6.00. The first kappa shape index (κ1) is 11.2. The van der Waals surface area contributed by atoms with Gasteiger partial charge in [-0.15, -0.1) is 0 Å². The summed E-state index contributed by atoms with van der Waals surface area (Å²) in [5.41, 5.74) is 7.19. The maximum Gasteiger partial charge on any atom is 0.279 e. The molecule has 1 heterocycles. The highest BCUT2D eigenvalue weighted by Gasteiger charge is 2.08. The van der Waals surface area contributed by atoms with Crippen molar-refractivity contribution in [2.45, 2.75) is 13.8 Å². The number of nitrogens with two attached hydrogens (primary N) is 1. The van der Waals surface area contributed by atoms with Gasteiger partial charge in [-0.05, 0) is 32.0 Å². The average Bonchev–Trinajstić information content (AvgIpc) is 2.51. The van der Waals surface area contributed by atoms with Gasteiger partial charge in [0.1, 0.15) is 5.75 Å². The van der Waals surface area contributed by atoms with Crippen LogP contribution in [0.5, 0.6) is 10.9 Å². The van der Waals surface area contributed by atoms with Crippen LogP contribution < -0.4 is 10.5 Å². The molecule has 84 valence electrons. The molecule has 2 N–H and O–H groups in total. The average molecular weight is 255 g/mol. The van der Waals surface area contributed by atoms with Crippen LogP contribution >= 0.6 is 22.9 Å². The largest absolute Gasteiger partial charge is 0.429 e. The second-order valence-electron chi connectivity index (χ2n) is 3.41. The number of ether oxygens (including phenoxy) is 1. The maximum absolute atomic E-state index is 6.00. The third-order valence-corrected chi connectivity index (χ3v) is 3.41. The third-order valence-electron chi connectivity index (χ3n) is 2.16. The van der Waals surface area contributed by atoms with E-state index in [-0.39, 0.29) is 0 Å². The number of benzene rings is 1. The smallest absolute Gasteiger partial charge is 0.279 e. The van der Waals surface area contributed by atoms with E-state index in [1.54, 1.807) is 18.2 Å². The van der Waals surface area contributed by atoms with Gasteiger partial charge in [-0.3, -0.25) is 0 Å². The van der Waals surface area contributed by atoms with Gasteiger partial charge in [0.25, 0.3) is 5.19 Å². The standard InChI is InChI=1S/C11H11ClN2OS/c1-6-7(2)16-11(14-6)15-10-4-3-8(13)5-9(10)12/h3-5H,13H2,1-2H3. The minimum atomic E-state index is 0.491. The number of hydrogen-bond acceptors (Lipinski definition) is 4. The number of anilines is 1. The molecule has 0 aliphatic heterocycles. The van der Waals surface area contributed by atoms with Crippen LogP contribution in [0.4, 0.5) is 5.69 Å². The monoisotopic (exact) mass is 254 g/mol. The molecule has 0 fully saturated rings. The number of aromatic nitrogens is 1. The summed E-state index contributed by atoms with van der Waals surface area (Å²) in [7, 11) is 0. The summed E-state index contributed by atoms with van der Waals surface area (Å²) in [4.78, 5) is 5.42. The van der Waals surface area contributed by atoms with Crippen LogP contribution in [0.2, 0.25) is 5.02 Å². The topological polar surface area (TPSA) is 48.1 Å². The first-order valence-electron chi connectivity index (χ1n) is 4.73. The molecule has 0 unspecified atom stereocenters. The number of nitrogen functional groups attached to an aromatic ring is 1. The quantitative estimate of drug-likeness (QED) is 0.830. The Balaban J connectivity index is 2.27. The van der Waals surface area contributed by atoms with Crippen molar-refractivity contribution in [2.24, 2.45) is 0 Å². The molecule has 2 aromatic rings. The van der Waals surface area contributed by atoms with E-state index in [1.165, 1.54) is 11.3 Å². The van der Waals surface area contributed by atoms with Crippen LogP contribution in [0.1, 0.15) is 10.6 Å². The van der Waals surface area contributed by atoms with Crippen molar-refractivity contribution in [1.82, 2.24) is 4.98 Å². The zero-order valence-corrected chi connectivity index (χ0v) is 10.5. The Morgan fingerprint density at radius 3 is 2.69 bits per heavy atom. The Morgan fingerprint density at radius 1 is 1.38 bits per heavy atom. The highest BCUT2D eigenvalue weighted by Crippen LogP contribution is 2.33. The van der Waals surface area contributed by atoms with Gasteiger partial charge in [0.2, 0.25) is 0 Å². The summed E-state index contributed by atoms with van der Waals surface area (Å²) in [5.74, 6) is 0.574. The predicted octanol–water partition coefficient (Wildman–Crippen LogP) is 3.79. The Morgan fingerprint density at radius 2 is 2.12 bits per heavy atom. The van der Waals surface area contributed by atoms with Crippen LogP contribution in [0, 0.1) is 13.8 Å². The molecule has 0 bridgehead atoms. The van der Waals surface area contributed by atoms with Gasteiger partial charge >= 0.3 is 0 Å². The molecule has 0 atom stereocenters. The lowest BCUT2D eigenvalue weighted by Crippen LogP contribution is -1.88. The molecule has 0 radical (unpaired) electrons. The fourth-order valence-electron chi connectivity index (χ4n) is 1.18. The van der Waals surface area contributed by atoms with Gasteiger partial charge in [0, 0.05) is 10.6 Å². The van der Waals surface area contributed by atoms with Gasteiger partial charge in [-0.2, -0.15) is 0 Å². The van der Waals surface area contributed by atoms with Crippen molar-refractivity contribution in [3.05, 3.63) is 33.8 Å². The van der Waals surface area contributed by atoms with Crippen molar-refractivity contribution >= 4 is 28.6 Å². The Hall–Kier alpha value is -1.26. The summed E-state index contributed by atoms with van der Waals surface area (Å²) in [6.07, 6.45) is 0. The number of nitrogens with zero attached hydrogens (tertiary/aromatic N) is 1. The summed E-state index contributed by atoms with van der Waals surface area (Å²) in [6, 6.07) is 5.14. The van der Waals surface area contributed by atoms with E-state index < -0.39 is 0 Å². The van der Waals surface area contributed by atoms with Crippen molar-refractivity contribution < 1.29 is 4.74 Å². The summed E-state index contributed by atoms with van der Waals surface area (Å²) in [6.45, 7) is 3.95. The zero-order chi connectivity index (χ0) is 11.7. The van der Waals surface area contributed by atoms with Gasteiger partial charge < -0.3 is 10.5 Å². The van der Waals surface area contributed by atoms with Crippen molar-refractivity contribution in [3.8, 4) is 10.9 Å². The number of thiazole rings is 1. The van der Waals surface area contributed by atoms with Crippen LogP contribution in [0.25, 0.3) is 0 Å². The molecular formula is C11H11ClN2OS. The molecule has 0 saturated heterocycles. The summed E-state index contributed by atoms with van der Waals surface area (Å²) in [5, 5.41) is 1.09. The first-order chi connectivity index (χ1) is 7.56. The van der Waals surface area contributed by atoms with E-state index in [9.17, 15) is 0 Å². The number of rotatable bonds is 2. The lowest BCUT2D eigenvalue weighted by atomic mass is 10.3. The molecular weight excluding hydrogens is 244 g/mol. The Kier molecular flexibility index (Phi) is 3.03. The lowest BCUT2D eigenvalue weighted by Gasteiger charge is -2.04. The van der Waals surface area contributed by atoms with Crippen molar-refractivity contribution in [1.29, 1.82) is 0 Å². The molecule has 16 heavy (non-hydrogen) atoms. The highest BCUT2D eigenvalue weighted by atomic mass is 35.5. The van der Waals surface area contributed by atoms with E-state index in [0.29, 0.717) is 21.7 Å². The summed E-state index contributed by atoms with van der Waals surface area (Å²) < 4.78 is 5.59.